The molecule has 0 amide bonds. The predicted molar refractivity (Wildman–Crippen MR) is 98.1 cm³/mol. The van der Waals surface area contributed by atoms with E-state index in [1.165, 1.54) is 10.5 Å². The molecule has 8 heteroatoms. The topological polar surface area (TPSA) is 103 Å². The fraction of sp³-hybridized carbons (Fsp3) is 0.100. The highest BCUT2D eigenvalue weighted by Gasteiger charge is 2.25. The van der Waals surface area contributed by atoms with Gasteiger partial charge >= 0.3 is 5.97 Å². The summed E-state index contributed by atoms with van der Waals surface area (Å²) < 4.78 is 13.9. The van der Waals surface area contributed by atoms with Crippen LogP contribution in [0.1, 0.15) is 27.4 Å². The fourth-order valence-corrected chi connectivity index (χ4v) is 2.92. The maximum atomic E-state index is 12.6. The van der Waals surface area contributed by atoms with Gasteiger partial charge in [-0.2, -0.15) is 5.26 Å². The molecular weight excluding hydrogens is 360 g/mol. The zero-order chi connectivity index (χ0) is 19.7. The molecule has 0 bridgehead atoms. The van der Waals surface area contributed by atoms with E-state index < -0.39 is 5.97 Å². The number of fused-ring (bicyclic) bond motifs is 1. The fourth-order valence-electron chi connectivity index (χ4n) is 2.92. The summed E-state index contributed by atoms with van der Waals surface area (Å²) in [5.74, 6) is -0.193. The van der Waals surface area contributed by atoms with Crippen LogP contribution in [-0.4, -0.2) is 19.9 Å². The minimum Gasteiger partial charge on any atom is -0.455 e. The predicted octanol–water partition coefficient (Wildman–Crippen LogP) is 2.62. The van der Waals surface area contributed by atoms with Crippen molar-refractivity contribution in [2.75, 3.05) is 0 Å². The number of pyridine rings is 1. The van der Waals surface area contributed by atoms with Crippen LogP contribution in [0.2, 0.25) is 0 Å². The molecule has 0 N–H and O–H groups in total. The molecule has 0 aliphatic heterocycles. The summed E-state index contributed by atoms with van der Waals surface area (Å²) >= 11 is 0. The lowest BCUT2D eigenvalue weighted by molar-refractivity contribution is 0.0465. The van der Waals surface area contributed by atoms with Gasteiger partial charge in [-0.15, -0.1) is 0 Å². The van der Waals surface area contributed by atoms with Crippen LogP contribution >= 0.6 is 0 Å². The summed E-state index contributed by atoms with van der Waals surface area (Å²) in [6, 6.07) is 12.0. The highest BCUT2D eigenvalue weighted by Crippen LogP contribution is 2.26. The van der Waals surface area contributed by atoms with Crippen molar-refractivity contribution in [3.8, 4) is 12.0 Å². The van der Waals surface area contributed by atoms with Gasteiger partial charge < -0.3 is 9.15 Å². The minimum atomic E-state index is -0.716. The van der Waals surface area contributed by atoms with E-state index in [9.17, 15) is 14.9 Å². The molecule has 4 heterocycles. The zero-order valence-corrected chi connectivity index (χ0v) is 14.8. The van der Waals surface area contributed by atoms with Crippen LogP contribution in [0.5, 0.6) is 0 Å². The Morgan fingerprint density at radius 2 is 2.00 bits per heavy atom. The monoisotopic (exact) mass is 374 g/mol. The number of nitriles is 1. The van der Waals surface area contributed by atoms with Gasteiger partial charge in [0.15, 0.2) is 0 Å². The summed E-state index contributed by atoms with van der Waals surface area (Å²) in [5, 5.41) is 9.51. The van der Waals surface area contributed by atoms with E-state index in [1.807, 2.05) is 6.07 Å². The molecule has 0 aliphatic rings. The number of esters is 1. The molecule has 4 aromatic rings. The summed E-state index contributed by atoms with van der Waals surface area (Å²) in [5.41, 5.74) is 0.640. The van der Waals surface area contributed by atoms with Crippen LogP contribution in [0, 0.1) is 18.3 Å². The van der Waals surface area contributed by atoms with Crippen molar-refractivity contribution in [3.05, 3.63) is 87.9 Å². The number of carbonyl (C=O) groups excluding carboxylic acids is 1. The zero-order valence-electron chi connectivity index (χ0n) is 14.8. The minimum absolute atomic E-state index is 0.0590. The number of furan rings is 1. The first-order valence-electron chi connectivity index (χ1n) is 8.40. The van der Waals surface area contributed by atoms with Crippen LogP contribution in [-0.2, 0) is 11.3 Å². The van der Waals surface area contributed by atoms with Gasteiger partial charge in [0.25, 0.3) is 5.56 Å². The lowest BCUT2D eigenvalue weighted by Crippen LogP contribution is -2.16. The van der Waals surface area contributed by atoms with E-state index in [2.05, 4.69) is 4.98 Å². The SMILES string of the molecule is Cc1oc(-n2cccc2)c(C#N)c1C(=O)OCc1cc(=O)n2ccccc2n1. The number of aromatic nitrogens is 3. The first kappa shape index (κ1) is 17.3. The van der Waals surface area contributed by atoms with Crippen LogP contribution in [0.15, 0.2) is 64.2 Å². The standard InChI is InChI=1S/C20H14N4O4/c1-13-18(15(11-21)19(28-13)23-7-4-5-8-23)20(26)27-12-14-10-17(25)24-9-3-2-6-16(24)22-14/h2-10H,12H2,1H3. The van der Waals surface area contributed by atoms with E-state index in [1.54, 1.807) is 60.4 Å². The van der Waals surface area contributed by atoms with Crippen molar-refractivity contribution in [2.24, 2.45) is 0 Å². The van der Waals surface area contributed by atoms with Crippen LogP contribution in [0.3, 0.4) is 0 Å². The maximum absolute atomic E-state index is 12.6. The first-order chi connectivity index (χ1) is 13.6. The third-order valence-corrected chi connectivity index (χ3v) is 4.20. The van der Waals surface area contributed by atoms with Crippen molar-refractivity contribution in [2.45, 2.75) is 13.5 Å². The molecule has 0 aliphatic carbocycles. The number of aryl methyl sites for hydroxylation is 1. The lowest BCUT2D eigenvalue weighted by Gasteiger charge is -2.06. The van der Waals surface area contributed by atoms with Crippen LogP contribution in [0.25, 0.3) is 11.5 Å². The number of nitrogens with zero attached hydrogens (tertiary/aromatic N) is 4. The molecule has 0 aromatic carbocycles. The van der Waals surface area contributed by atoms with Crippen molar-refractivity contribution < 1.29 is 13.9 Å². The Labute approximate surface area is 158 Å². The van der Waals surface area contributed by atoms with Gasteiger partial charge in [0.1, 0.15) is 35.2 Å². The molecule has 0 saturated heterocycles. The summed E-state index contributed by atoms with van der Waals surface area (Å²) in [6.45, 7) is 1.39. The second-order valence-corrected chi connectivity index (χ2v) is 6.01. The van der Waals surface area contributed by atoms with Gasteiger partial charge in [0.05, 0.1) is 5.69 Å². The molecule has 0 spiro atoms. The molecule has 8 nitrogen and oxygen atoms in total. The molecule has 4 aromatic heterocycles. The van der Waals surface area contributed by atoms with Gasteiger partial charge in [-0.1, -0.05) is 6.07 Å². The smallest absolute Gasteiger partial charge is 0.343 e. The molecule has 0 unspecified atom stereocenters. The quantitative estimate of drug-likeness (QED) is 0.509. The lowest BCUT2D eigenvalue weighted by atomic mass is 10.1. The summed E-state index contributed by atoms with van der Waals surface area (Å²) in [7, 11) is 0. The largest absolute Gasteiger partial charge is 0.455 e. The molecule has 0 atom stereocenters. The third kappa shape index (κ3) is 2.95. The third-order valence-electron chi connectivity index (χ3n) is 4.20. The normalized spacial score (nSPS) is 10.7. The molecule has 0 fully saturated rings. The molecule has 4 rings (SSSR count). The maximum Gasteiger partial charge on any atom is 0.343 e. The highest BCUT2D eigenvalue weighted by molar-refractivity contribution is 5.94. The van der Waals surface area contributed by atoms with Gasteiger partial charge in [-0.25, -0.2) is 9.78 Å². The number of hydrogen-bond acceptors (Lipinski definition) is 6. The Kier molecular flexibility index (Phi) is 4.26. The van der Waals surface area contributed by atoms with Crippen LogP contribution in [0.4, 0.5) is 0 Å². The second kappa shape index (κ2) is 6.89. The van der Waals surface area contributed by atoms with Gasteiger partial charge in [0, 0.05) is 24.7 Å². The average Bonchev–Trinajstić information content (AvgIpc) is 3.33. The Hall–Kier alpha value is -4.12. The first-order valence-corrected chi connectivity index (χ1v) is 8.40. The van der Waals surface area contributed by atoms with Gasteiger partial charge in [0.2, 0.25) is 5.88 Å². The number of hydrogen-bond donors (Lipinski definition) is 0. The van der Waals surface area contributed by atoms with Crippen molar-refractivity contribution in [3.63, 3.8) is 0 Å². The Balaban J connectivity index is 1.62. The van der Waals surface area contributed by atoms with Crippen molar-refractivity contribution in [1.82, 2.24) is 14.0 Å². The van der Waals surface area contributed by atoms with Crippen molar-refractivity contribution >= 4 is 11.6 Å². The molecular formula is C20H14N4O4. The summed E-state index contributed by atoms with van der Waals surface area (Å²) in [6.07, 6.45) is 5.03. The number of rotatable bonds is 4. The number of ether oxygens (including phenoxy) is 1. The van der Waals surface area contributed by atoms with Gasteiger partial charge in [-0.3, -0.25) is 13.8 Å². The molecule has 0 saturated carbocycles. The van der Waals surface area contributed by atoms with Crippen LogP contribution < -0.4 is 5.56 Å². The average molecular weight is 374 g/mol. The van der Waals surface area contributed by atoms with E-state index in [0.717, 1.165) is 0 Å². The van der Waals surface area contributed by atoms with E-state index >= 15 is 0 Å². The number of carbonyl (C=O) groups is 1. The molecule has 28 heavy (non-hydrogen) atoms. The Morgan fingerprint density at radius 3 is 2.75 bits per heavy atom. The molecule has 138 valence electrons. The van der Waals surface area contributed by atoms with E-state index in [-0.39, 0.29) is 34.9 Å². The highest BCUT2D eigenvalue weighted by atomic mass is 16.5. The summed E-state index contributed by atoms with van der Waals surface area (Å²) in [4.78, 5) is 29.0. The second-order valence-electron chi connectivity index (χ2n) is 6.01. The van der Waals surface area contributed by atoms with E-state index in [4.69, 9.17) is 9.15 Å². The van der Waals surface area contributed by atoms with Crippen molar-refractivity contribution in [1.29, 1.82) is 5.26 Å². The molecule has 0 radical (unpaired) electrons. The van der Waals surface area contributed by atoms with E-state index in [0.29, 0.717) is 11.3 Å². The Morgan fingerprint density at radius 1 is 1.25 bits per heavy atom. The van der Waals surface area contributed by atoms with Gasteiger partial charge in [-0.05, 0) is 31.2 Å². The Bertz CT molecular complexity index is 1280.